The van der Waals surface area contributed by atoms with Crippen LogP contribution in [0.1, 0.15) is 45.2 Å². The highest BCUT2D eigenvalue weighted by atomic mass is 35.5. The number of ether oxygens (including phenoxy) is 2. The summed E-state index contributed by atoms with van der Waals surface area (Å²) in [5, 5.41) is 3.21. The van der Waals surface area contributed by atoms with Crippen molar-refractivity contribution in [2.45, 2.75) is 52.2 Å². The van der Waals surface area contributed by atoms with Crippen molar-refractivity contribution in [3.63, 3.8) is 0 Å². The molecule has 0 radical (unpaired) electrons. The van der Waals surface area contributed by atoms with Gasteiger partial charge in [-0.15, -0.1) is 0 Å². The Bertz CT molecular complexity index is 800. The molecule has 7 nitrogen and oxygen atoms in total. The Kier molecular flexibility index (Phi) is 7.63. The van der Waals surface area contributed by atoms with Crippen LogP contribution in [0.3, 0.4) is 0 Å². The summed E-state index contributed by atoms with van der Waals surface area (Å²) in [5.41, 5.74) is 0.790. The maximum absolute atomic E-state index is 11.1. The number of rotatable bonds is 10. The number of carbonyl (C=O) groups excluding carboxylic acids is 1. The Labute approximate surface area is 176 Å². The van der Waals surface area contributed by atoms with Crippen LogP contribution in [0.4, 0.5) is 0 Å². The molecular weight excluding hydrogens is 392 g/mol. The number of halogens is 1. The third-order valence-corrected chi connectivity index (χ3v) is 5.38. The van der Waals surface area contributed by atoms with E-state index in [1.54, 1.807) is 13.1 Å². The smallest absolute Gasteiger partial charge is 0.240 e. The van der Waals surface area contributed by atoms with Gasteiger partial charge in [0.25, 0.3) is 0 Å². The van der Waals surface area contributed by atoms with Gasteiger partial charge in [0.05, 0.1) is 12.3 Å². The molecule has 0 spiro atoms. The summed E-state index contributed by atoms with van der Waals surface area (Å²) < 4.78 is 11.5. The summed E-state index contributed by atoms with van der Waals surface area (Å²) in [5.74, 6) is 1.86. The van der Waals surface area contributed by atoms with E-state index in [9.17, 15) is 4.79 Å². The molecular formula is C21H27ClN4O3. The Hall–Kier alpha value is -2.41. The summed E-state index contributed by atoms with van der Waals surface area (Å²) in [6.07, 6.45) is 7.48. The minimum absolute atomic E-state index is 0.0301. The molecule has 8 heteroatoms. The Balaban J connectivity index is 1.40. The van der Waals surface area contributed by atoms with Gasteiger partial charge in [0.15, 0.2) is 5.02 Å². The lowest BCUT2D eigenvalue weighted by Crippen LogP contribution is -2.33. The van der Waals surface area contributed by atoms with Crippen molar-refractivity contribution in [2.75, 3.05) is 6.61 Å². The second-order valence-corrected chi connectivity index (χ2v) is 7.98. The quantitative estimate of drug-likeness (QED) is 0.631. The van der Waals surface area contributed by atoms with Crippen molar-refractivity contribution < 1.29 is 14.3 Å². The second-order valence-electron chi connectivity index (χ2n) is 7.60. The summed E-state index contributed by atoms with van der Waals surface area (Å²) in [4.78, 5) is 23.5. The molecule has 1 fully saturated rings. The first-order valence-corrected chi connectivity index (χ1v) is 10.3. The largest absolute Gasteiger partial charge is 0.476 e. The minimum Gasteiger partial charge on any atom is -0.476 e. The topological polar surface area (TPSA) is 86.2 Å². The van der Waals surface area contributed by atoms with Crippen molar-refractivity contribution in [1.82, 2.24) is 20.3 Å². The molecule has 3 rings (SSSR count). The van der Waals surface area contributed by atoms with E-state index in [4.69, 9.17) is 21.1 Å². The van der Waals surface area contributed by atoms with E-state index in [1.165, 1.54) is 6.33 Å². The van der Waals surface area contributed by atoms with E-state index in [2.05, 4.69) is 20.3 Å². The molecule has 29 heavy (non-hydrogen) atoms. The number of nitrogens with zero attached hydrogens (tertiary/aromatic N) is 3. The predicted octanol–water partition coefficient (Wildman–Crippen LogP) is 3.81. The van der Waals surface area contributed by atoms with Crippen LogP contribution in [0, 0.1) is 11.8 Å². The van der Waals surface area contributed by atoms with E-state index < -0.39 is 0 Å². The van der Waals surface area contributed by atoms with Crippen LogP contribution < -0.4 is 14.8 Å². The summed E-state index contributed by atoms with van der Waals surface area (Å²) in [6.45, 7) is 4.46. The summed E-state index contributed by atoms with van der Waals surface area (Å²) >= 11 is 6.34. The molecule has 1 aliphatic carbocycles. The van der Waals surface area contributed by atoms with Crippen LogP contribution in [0.2, 0.25) is 5.02 Å². The fourth-order valence-electron chi connectivity index (χ4n) is 3.51. The third-order valence-electron chi connectivity index (χ3n) is 5.06. The van der Waals surface area contributed by atoms with Crippen LogP contribution in [0.5, 0.6) is 11.8 Å². The van der Waals surface area contributed by atoms with Crippen LogP contribution in [0.15, 0.2) is 30.7 Å². The molecule has 1 atom stereocenters. The van der Waals surface area contributed by atoms with Gasteiger partial charge in [-0.05, 0) is 56.6 Å². The van der Waals surface area contributed by atoms with E-state index in [1.807, 2.05) is 25.1 Å². The lowest BCUT2D eigenvalue weighted by molar-refractivity contribution is -0.119. The van der Waals surface area contributed by atoms with Crippen LogP contribution >= 0.6 is 11.6 Å². The number of aromatic nitrogens is 3. The molecule has 0 bridgehead atoms. The molecule has 0 aliphatic heterocycles. The zero-order valence-corrected chi connectivity index (χ0v) is 17.6. The maximum Gasteiger partial charge on any atom is 0.240 e. The van der Waals surface area contributed by atoms with Gasteiger partial charge in [-0.25, -0.2) is 9.97 Å². The fraction of sp³-hybridized carbons (Fsp3) is 0.524. The molecule has 1 amide bonds. The van der Waals surface area contributed by atoms with Crippen LogP contribution in [-0.4, -0.2) is 33.5 Å². The number of hydrogen-bond donors (Lipinski definition) is 1. The molecule has 0 saturated heterocycles. The van der Waals surface area contributed by atoms with Crippen molar-refractivity contribution in [1.29, 1.82) is 0 Å². The van der Waals surface area contributed by atoms with E-state index >= 15 is 0 Å². The Morgan fingerprint density at radius 3 is 2.66 bits per heavy atom. The zero-order chi connectivity index (χ0) is 20.6. The molecule has 156 valence electrons. The number of nitrogens with one attached hydrogen (secondary N) is 1. The van der Waals surface area contributed by atoms with E-state index in [-0.39, 0.29) is 23.6 Å². The van der Waals surface area contributed by atoms with Gasteiger partial charge in [0.2, 0.25) is 17.7 Å². The first-order chi connectivity index (χ1) is 14.0. The summed E-state index contributed by atoms with van der Waals surface area (Å²) in [7, 11) is 0. The SMILES string of the molecule is CC(=O)N[C@@H](C)CCC1CC(COc2ncnc(OCc3ccccn3)c2Cl)C1. The normalized spacial score (nSPS) is 19.1. The van der Waals surface area contributed by atoms with E-state index in [0.29, 0.717) is 30.2 Å². The zero-order valence-electron chi connectivity index (χ0n) is 16.8. The molecule has 2 heterocycles. The van der Waals surface area contributed by atoms with Crippen molar-refractivity contribution in [3.05, 3.63) is 41.4 Å². The highest BCUT2D eigenvalue weighted by Gasteiger charge is 2.30. The van der Waals surface area contributed by atoms with Gasteiger partial charge < -0.3 is 14.8 Å². The lowest BCUT2D eigenvalue weighted by Gasteiger charge is -2.35. The predicted molar refractivity (Wildman–Crippen MR) is 110 cm³/mol. The van der Waals surface area contributed by atoms with Gasteiger partial charge in [0.1, 0.15) is 12.9 Å². The molecule has 1 N–H and O–H groups in total. The van der Waals surface area contributed by atoms with E-state index in [0.717, 1.165) is 31.4 Å². The third kappa shape index (κ3) is 6.56. The summed E-state index contributed by atoms with van der Waals surface area (Å²) in [6, 6.07) is 5.85. The van der Waals surface area contributed by atoms with Gasteiger partial charge in [0, 0.05) is 19.2 Å². The van der Waals surface area contributed by atoms with Crippen LogP contribution in [0.25, 0.3) is 0 Å². The van der Waals surface area contributed by atoms with Gasteiger partial charge in [-0.2, -0.15) is 0 Å². The highest BCUT2D eigenvalue weighted by Crippen LogP contribution is 2.38. The Morgan fingerprint density at radius 1 is 1.21 bits per heavy atom. The molecule has 0 unspecified atom stereocenters. The number of amides is 1. The van der Waals surface area contributed by atoms with Crippen molar-refractivity contribution in [3.8, 4) is 11.8 Å². The number of hydrogen-bond acceptors (Lipinski definition) is 6. The molecule has 2 aromatic heterocycles. The Morgan fingerprint density at radius 2 is 1.97 bits per heavy atom. The van der Waals surface area contributed by atoms with Gasteiger partial charge in [-0.3, -0.25) is 9.78 Å². The number of carbonyl (C=O) groups is 1. The van der Waals surface area contributed by atoms with Crippen molar-refractivity contribution in [2.24, 2.45) is 11.8 Å². The fourth-order valence-corrected chi connectivity index (χ4v) is 3.72. The lowest BCUT2D eigenvalue weighted by atomic mass is 9.73. The van der Waals surface area contributed by atoms with Crippen LogP contribution in [-0.2, 0) is 11.4 Å². The molecule has 2 aromatic rings. The number of pyridine rings is 1. The average molecular weight is 419 g/mol. The standard InChI is InChI=1S/C21H27ClN4O3/c1-14(26-15(2)27)6-7-16-9-17(10-16)11-28-20-19(22)21(25-13-24-20)29-12-18-5-3-4-8-23-18/h3-5,8,13-14,16-17H,6-7,9-12H2,1-2H3,(H,26,27)/t14-,16?,17?/m0/s1. The second kappa shape index (κ2) is 10.4. The maximum atomic E-state index is 11.1. The van der Waals surface area contributed by atoms with Gasteiger partial charge >= 0.3 is 0 Å². The molecule has 1 aliphatic rings. The monoisotopic (exact) mass is 418 g/mol. The first kappa shape index (κ1) is 21.3. The molecule has 0 aromatic carbocycles. The minimum atomic E-state index is 0.0301. The highest BCUT2D eigenvalue weighted by molar-refractivity contribution is 6.33. The average Bonchev–Trinajstić information content (AvgIpc) is 2.66. The van der Waals surface area contributed by atoms with Crippen molar-refractivity contribution >= 4 is 17.5 Å². The first-order valence-electron chi connectivity index (χ1n) is 9.94. The molecule has 1 saturated carbocycles. The van der Waals surface area contributed by atoms with Gasteiger partial charge in [-0.1, -0.05) is 17.7 Å².